The molecule has 3 rings (SSSR count). The molecular formula is C22H28N4O3S. The number of hydrogen-bond donors (Lipinski definition) is 1. The third kappa shape index (κ3) is 5.66. The number of thiophene rings is 1. The van der Waals surface area contributed by atoms with E-state index >= 15 is 0 Å². The molecule has 0 aliphatic carbocycles. The molecule has 2 aromatic rings. The highest BCUT2D eigenvalue weighted by molar-refractivity contribution is 7.16. The molecule has 0 radical (unpaired) electrons. The van der Waals surface area contributed by atoms with Gasteiger partial charge in [0.1, 0.15) is 10.6 Å². The molecule has 30 heavy (non-hydrogen) atoms. The number of aromatic nitrogens is 1. The molecule has 1 aliphatic rings. The molecule has 2 amide bonds. The van der Waals surface area contributed by atoms with Crippen LogP contribution in [0.3, 0.4) is 0 Å². The number of aryl methyl sites for hydroxylation is 1. The number of rotatable bonds is 5. The summed E-state index contributed by atoms with van der Waals surface area (Å²) < 4.78 is 5.51. The van der Waals surface area contributed by atoms with Crippen LogP contribution >= 0.6 is 11.3 Å². The molecular weight excluding hydrogens is 400 g/mol. The topological polar surface area (TPSA) is 83.9 Å². The van der Waals surface area contributed by atoms with Crippen LogP contribution in [-0.4, -0.2) is 47.3 Å². The fourth-order valence-electron chi connectivity index (χ4n) is 3.26. The van der Waals surface area contributed by atoms with Gasteiger partial charge in [-0.15, -0.1) is 11.3 Å². The van der Waals surface area contributed by atoms with Crippen molar-refractivity contribution in [3.05, 3.63) is 46.1 Å². The van der Waals surface area contributed by atoms with Crippen LogP contribution in [0.1, 0.15) is 48.8 Å². The Kier molecular flexibility index (Phi) is 6.87. The lowest BCUT2D eigenvalue weighted by atomic mass is 10.0. The summed E-state index contributed by atoms with van der Waals surface area (Å²) in [6.07, 6.45) is 6.69. The van der Waals surface area contributed by atoms with Crippen LogP contribution in [-0.2, 0) is 28.9 Å². The molecule has 1 aliphatic heterocycles. The first kappa shape index (κ1) is 22.0. The van der Waals surface area contributed by atoms with Crippen LogP contribution in [0, 0.1) is 0 Å². The van der Waals surface area contributed by atoms with E-state index in [-0.39, 0.29) is 12.0 Å². The molecule has 0 fully saturated rings. The fraction of sp³-hybridized carbons (Fsp3) is 0.455. The van der Waals surface area contributed by atoms with Crippen LogP contribution in [0.5, 0.6) is 0 Å². The van der Waals surface area contributed by atoms with Crippen LogP contribution in [0.15, 0.2) is 29.5 Å². The van der Waals surface area contributed by atoms with Crippen molar-refractivity contribution in [1.29, 1.82) is 0 Å². The van der Waals surface area contributed by atoms with Gasteiger partial charge < -0.3 is 15.0 Å². The van der Waals surface area contributed by atoms with Gasteiger partial charge in [0.25, 0.3) is 0 Å². The van der Waals surface area contributed by atoms with E-state index in [1.807, 2.05) is 32.9 Å². The van der Waals surface area contributed by atoms with Crippen LogP contribution in [0.4, 0.5) is 9.80 Å². The summed E-state index contributed by atoms with van der Waals surface area (Å²) in [6.45, 7) is 6.64. The summed E-state index contributed by atoms with van der Waals surface area (Å²) in [5.74, 6) is -0.0489. The first-order chi connectivity index (χ1) is 14.3. The summed E-state index contributed by atoms with van der Waals surface area (Å²) in [5, 5.41) is 3.82. The average Bonchev–Trinajstić information content (AvgIpc) is 3.02. The minimum Gasteiger partial charge on any atom is -0.444 e. The lowest BCUT2D eigenvalue weighted by molar-refractivity contribution is -0.116. The Morgan fingerprint density at radius 2 is 2.20 bits per heavy atom. The van der Waals surface area contributed by atoms with E-state index in [2.05, 4.69) is 15.3 Å². The highest BCUT2D eigenvalue weighted by atomic mass is 32.1. The zero-order valence-corrected chi connectivity index (χ0v) is 18.7. The number of amides is 2. The number of pyridine rings is 1. The number of anilines is 1. The third-order valence-corrected chi connectivity index (χ3v) is 5.77. The number of aliphatic imine (C=N–C) groups is 1. The second kappa shape index (κ2) is 9.38. The Bertz CT molecular complexity index is 932. The van der Waals surface area contributed by atoms with Crippen molar-refractivity contribution >= 4 is 34.6 Å². The van der Waals surface area contributed by atoms with Gasteiger partial charge >= 0.3 is 6.09 Å². The van der Waals surface area contributed by atoms with E-state index in [1.54, 1.807) is 30.6 Å². The standard InChI is InChI=1S/C22H28N4O3S/c1-22(2,3)29-21(28)26-11-9-16-17(13-23-4)20(30-18(16)14-26)25-19(27)8-7-15-6-5-10-24-12-15/h5-6,10,12-13H,7-9,11,14H2,1-4H3,(H,25,27). The van der Waals surface area contributed by atoms with Gasteiger partial charge in [0.2, 0.25) is 5.91 Å². The summed E-state index contributed by atoms with van der Waals surface area (Å²) in [4.78, 5) is 36.0. The third-order valence-electron chi connectivity index (χ3n) is 4.62. The highest BCUT2D eigenvalue weighted by Gasteiger charge is 2.29. The largest absolute Gasteiger partial charge is 0.444 e. The normalized spacial score (nSPS) is 13.9. The van der Waals surface area contributed by atoms with Crippen molar-refractivity contribution in [3.63, 3.8) is 0 Å². The van der Waals surface area contributed by atoms with Crippen LogP contribution in [0.2, 0.25) is 0 Å². The number of nitrogens with zero attached hydrogens (tertiary/aromatic N) is 3. The van der Waals surface area contributed by atoms with Gasteiger partial charge in [0.05, 0.1) is 6.54 Å². The average molecular weight is 429 g/mol. The number of hydrogen-bond acceptors (Lipinski definition) is 6. The van der Waals surface area contributed by atoms with Crippen LogP contribution in [0.25, 0.3) is 0 Å². The van der Waals surface area contributed by atoms with Crippen molar-refractivity contribution in [2.24, 2.45) is 4.99 Å². The van der Waals surface area contributed by atoms with Gasteiger partial charge in [0.15, 0.2) is 0 Å². The van der Waals surface area contributed by atoms with E-state index in [0.717, 1.165) is 26.6 Å². The predicted molar refractivity (Wildman–Crippen MR) is 119 cm³/mol. The van der Waals surface area contributed by atoms with E-state index in [4.69, 9.17) is 4.74 Å². The molecule has 0 unspecified atom stereocenters. The smallest absolute Gasteiger partial charge is 0.410 e. The number of carbonyl (C=O) groups is 2. The minimum absolute atomic E-state index is 0.0489. The second-order valence-electron chi connectivity index (χ2n) is 8.20. The summed E-state index contributed by atoms with van der Waals surface area (Å²) in [6, 6.07) is 3.83. The Hall–Kier alpha value is -2.74. The van der Waals surface area contributed by atoms with Crippen molar-refractivity contribution in [3.8, 4) is 0 Å². The van der Waals surface area contributed by atoms with Gasteiger partial charge in [-0.2, -0.15) is 0 Å². The number of nitrogens with one attached hydrogen (secondary N) is 1. The highest BCUT2D eigenvalue weighted by Crippen LogP contribution is 2.36. The van der Waals surface area contributed by atoms with Gasteiger partial charge in [-0.3, -0.25) is 14.8 Å². The van der Waals surface area contributed by atoms with Crippen molar-refractivity contribution in [1.82, 2.24) is 9.88 Å². The molecule has 0 bridgehead atoms. The van der Waals surface area contributed by atoms with E-state index in [9.17, 15) is 9.59 Å². The molecule has 0 saturated heterocycles. The molecule has 0 saturated carbocycles. The number of fused-ring (bicyclic) bond motifs is 1. The molecule has 0 spiro atoms. The molecule has 3 heterocycles. The van der Waals surface area contributed by atoms with Crippen molar-refractivity contribution < 1.29 is 14.3 Å². The van der Waals surface area contributed by atoms with Crippen molar-refractivity contribution in [2.75, 3.05) is 18.9 Å². The Labute approximate surface area is 181 Å². The SMILES string of the molecule is CN=Cc1c(NC(=O)CCc2cccnc2)sc2c1CCN(C(=O)OC(C)(C)C)C2. The Morgan fingerprint density at radius 1 is 1.40 bits per heavy atom. The molecule has 1 N–H and O–H groups in total. The molecule has 0 aromatic carbocycles. The maximum atomic E-state index is 12.5. The van der Waals surface area contributed by atoms with Gasteiger partial charge in [0, 0.05) is 49.1 Å². The summed E-state index contributed by atoms with van der Waals surface area (Å²) in [7, 11) is 1.72. The fourth-order valence-corrected chi connectivity index (χ4v) is 4.51. The number of carbonyl (C=O) groups excluding carboxylic acids is 2. The lowest BCUT2D eigenvalue weighted by Crippen LogP contribution is -2.39. The quantitative estimate of drug-likeness (QED) is 0.728. The zero-order chi connectivity index (χ0) is 21.7. The Balaban J connectivity index is 1.71. The van der Waals surface area contributed by atoms with Gasteiger partial charge in [-0.1, -0.05) is 6.07 Å². The first-order valence-corrected chi connectivity index (χ1v) is 10.8. The van der Waals surface area contributed by atoms with Crippen molar-refractivity contribution in [2.45, 2.75) is 52.2 Å². The Morgan fingerprint density at radius 3 is 2.87 bits per heavy atom. The zero-order valence-electron chi connectivity index (χ0n) is 17.9. The molecule has 7 nitrogen and oxygen atoms in total. The monoisotopic (exact) mass is 428 g/mol. The minimum atomic E-state index is -0.528. The number of ether oxygens (including phenoxy) is 1. The molecule has 160 valence electrons. The van der Waals surface area contributed by atoms with E-state index in [1.165, 1.54) is 11.3 Å². The summed E-state index contributed by atoms with van der Waals surface area (Å²) in [5.41, 5.74) is 2.59. The molecule has 8 heteroatoms. The second-order valence-corrected chi connectivity index (χ2v) is 9.30. The van der Waals surface area contributed by atoms with Gasteiger partial charge in [-0.25, -0.2) is 4.79 Å². The first-order valence-electron chi connectivity index (χ1n) is 10.00. The molecule has 0 atom stereocenters. The summed E-state index contributed by atoms with van der Waals surface area (Å²) >= 11 is 1.51. The van der Waals surface area contributed by atoms with E-state index in [0.29, 0.717) is 32.4 Å². The predicted octanol–water partition coefficient (Wildman–Crippen LogP) is 4.06. The molecule has 2 aromatic heterocycles. The lowest BCUT2D eigenvalue weighted by Gasteiger charge is -2.30. The van der Waals surface area contributed by atoms with Gasteiger partial charge in [-0.05, 0) is 50.8 Å². The maximum Gasteiger partial charge on any atom is 0.410 e. The van der Waals surface area contributed by atoms with E-state index < -0.39 is 5.60 Å². The van der Waals surface area contributed by atoms with Crippen LogP contribution < -0.4 is 5.32 Å². The maximum absolute atomic E-state index is 12.5.